The maximum Gasteiger partial charge on any atom is 0.265 e. The van der Waals surface area contributed by atoms with Crippen molar-refractivity contribution in [2.24, 2.45) is 0 Å². The van der Waals surface area contributed by atoms with E-state index in [1.165, 1.54) is 24.5 Å². The quantitative estimate of drug-likeness (QED) is 0.178. The van der Waals surface area contributed by atoms with Crippen LogP contribution >= 0.6 is 34.5 Å². The van der Waals surface area contributed by atoms with E-state index in [2.05, 4.69) is 15.1 Å². The third-order valence-corrected chi connectivity index (χ3v) is 10.7. The van der Waals surface area contributed by atoms with Crippen LogP contribution < -0.4 is 19.7 Å². The monoisotopic (exact) mass is 685 g/mol. The van der Waals surface area contributed by atoms with E-state index in [9.17, 15) is 13.2 Å². The zero-order chi connectivity index (χ0) is 31.7. The Balaban J connectivity index is 1.31. The van der Waals surface area contributed by atoms with Crippen molar-refractivity contribution in [3.05, 3.63) is 92.9 Å². The van der Waals surface area contributed by atoms with Crippen molar-refractivity contribution in [1.82, 2.24) is 9.78 Å². The number of thiophene rings is 1. The highest BCUT2D eigenvalue weighted by atomic mass is 35.5. The predicted molar refractivity (Wildman–Crippen MR) is 179 cm³/mol. The molecule has 0 aliphatic carbocycles. The molecule has 2 N–H and O–H groups in total. The average Bonchev–Trinajstić information content (AvgIpc) is 3.60. The molecule has 234 valence electrons. The van der Waals surface area contributed by atoms with Gasteiger partial charge in [0.2, 0.25) is 0 Å². The van der Waals surface area contributed by atoms with Gasteiger partial charge < -0.3 is 19.7 Å². The molecule has 3 heterocycles. The van der Waals surface area contributed by atoms with Gasteiger partial charge in [0.15, 0.2) is 0 Å². The van der Waals surface area contributed by atoms with E-state index >= 15 is 0 Å². The zero-order valence-electron chi connectivity index (χ0n) is 24.3. The van der Waals surface area contributed by atoms with Crippen LogP contribution in [0.2, 0.25) is 10.0 Å². The molecular weight excluding hydrogens is 657 g/mol. The number of hydrogen-bond acceptors (Lipinski definition) is 8. The lowest BCUT2D eigenvalue weighted by atomic mass is 10.2. The van der Waals surface area contributed by atoms with Crippen LogP contribution in [-0.2, 0) is 21.3 Å². The van der Waals surface area contributed by atoms with E-state index in [0.29, 0.717) is 70.6 Å². The van der Waals surface area contributed by atoms with Crippen molar-refractivity contribution in [3.8, 4) is 5.75 Å². The Labute approximate surface area is 274 Å². The summed E-state index contributed by atoms with van der Waals surface area (Å²) in [4.78, 5) is 16.7. The van der Waals surface area contributed by atoms with E-state index in [1.807, 2.05) is 11.8 Å². The number of morpholine rings is 1. The van der Waals surface area contributed by atoms with Gasteiger partial charge in [0.1, 0.15) is 15.5 Å². The maximum absolute atomic E-state index is 13.8. The normalized spacial score (nSPS) is 13.6. The number of carbonyl (C=O) groups is 1. The van der Waals surface area contributed by atoms with E-state index in [4.69, 9.17) is 32.7 Å². The summed E-state index contributed by atoms with van der Waals surface area (Å²) in [7, 11) is -2.63. The molecule has 45 heavy (non-hydrogen) atoms. The zero-order valence-corrected chi connectivity index (χ0v) is 27.5. The first-order chi connectivity index (χ1) is 21.6. The van der Waals surface area contributed by atoms with E-state index in [1.54, 1.807) is 65.3 Å². The van der Waals surface area contributed by atoms with Crippen LogP contribution in [0.3, 0.4) is 0 Å². The minimum absolute atomic E-state index is 0.0209. The number of ether oxygens (including phenoxy) is 2. The van der Waals surface area contributed by atoms with Crippen LogP contribution in [0.15, 0.2) is 71.6 Å². The molecule has 0 spiro atoms. The van der Waals surface area contributed by atoms with Gasteiger partial charge in [-0.2, -0.15) is 5.10 Å². The van der Waals surface area contributed by atoms with Crippen molar-refractivity contribution < 1.29 is 22.7 Å². The van der Waals surface area contributed by atoms with Gasteiger partial charge in [0.05, 0.1) is 48.8 Å². The summed E-state index contributed by atoms with van der Waals surface area (Å²) in [6.07, 6.45) is 0. The maximum atomic E-state index is 13.8. The van der Waals surface area contributed by atoms with E-state index in [0.717, 1.165) is 21.5 Å². The van der Waals surface area contributed by atoms with Crippen LogP contribution in [0.5, 0.6) is 5.75 Å². The third kappa shape index (κ3) is 6.47. The first kappa shape index (κ1) is 31.2. The number of fused-ring (bicyclic) bond motifs is 1. The molecule has 3 aromatic carbocycles. The number of aromatic nitrogens is 2. The smallest absolute Gasteiger partial charge is 0.265 e. The Morgan fingerprint density at radius 2 is 1.78 bits per heavy atom. The SMILES string of the molecule is COc1ccccc1NS(=O)(=O)c1cc(NC(=O)c2cc3c(C)nn(Cc4c(Cl)cccc4Cl)c3s2)ccc1N1CCOCC1. The number of carbonyl (C=O) groups excluding carboxylic acids is 1. The Bertz CT molecular complexity index is 1980. The number of nitrogens with one attached hydrogen (secondary N) is 2. The van der Waals surface area contributed by atoms with Crippen molar-refractivity contribution in [2.45, 2.75) is 18.4 Å². The first-order valence-corrected chi connectivity index (χ1v) is 17.0. The van der Waals surface area contributed by atoms with Crippen LogP contribution in [-0.4, -0.2) is 57.5 Å². The van der Waals surface area contributed by atoms with Gasteiger partial charge in [-0.3, -0.25) is 9.52 Å². The highest BCUT2D eigenvalue weighted by Crippen LogP contribution is 2.35. The second-order valence-electron chi connectivity index (χ2n) is 10.3. The number of para-hydroxylation sites is 2. The second-order valence-corrected chi connectivity index (χ2v) is 13.8. The molecule has 1 aliphatic rings. The molecule has 1 fully saturated rings. The summed E-state index contributed by atoms with van der Waals surface area (Å²) < 4.78 is 42.9. The van der Waals surface area contributed by atoms with Gasteiger partial charge in [-0.25, -0.2) is 13.1 Å². The number of methoxy groups -OCH3 is 1. The fourth-order valence-electron chi connectivity index (χ4n) is 5.16. The highest BCUT2D eigenvalue weighted by Gasteiger charge is 2.26. The summed E-state index contributed by atoms with van der Waals surface area (Å²) in [6, 6.07) is 18.8. The van der Waals surface area contributed by atoms with E-state index < -0.39 is 10.0 Å². The average molecular weight is 687 g/mol. The molecule has 1 aliphatic heterocycles. The number of hydrogen-bond donors (Lipinski definition) is 2. The van der Waals surface area contributed by atoms with Crippen molar-refractivity contribution in [1.29, 1.82) is 0 Å². The summed E-state index contributed by atoms with van der Waals surface area (Å²) in [5, 5.41) is 9.42. The summed E-state index contributed by atoms with van der Waals surface area (Å²) in [5.41, 5.74) is 2.63. The lowest BCUT2D eigenvalue weighted by molar-refractivity contribution is 0.103. The molecule has 0 unspecified atom stereocenters. The Morgan fingerprint density at radius 1 is 1.04 bits per heavy atom. The van der Waals surface area contributed by atoms with Gasteiger partial charge in [0.25, 0.3) is 15.9 Å². The first-order valence-electron chi connectivity index (χ1n) is 14.0. The van der Waals surface area contributed by atoms with Crippen LogP contribution in [0.25, 0.3) is 10.2 Å². The lowest BCUT2D eigenvalue weighted by Crippen LogP contribution is -2.37. The molecule has 0 bridgehead atoms. The highest BCUT2D eigenvalue weighted by molar-refractivity contribution is 7.93. The van der Waals surface area contributed by atoms with E-state index in [-0.39, 0.29) is 10.8 Å². The third-order valence-electron chi connectivity index (χ3n) is 7.41. The Hall–Kier alpha value is -3.81. The number of nitrogens with zero attached hydrogens (tertiary/aromatic N) is 3. The number of sulfonamides is 1. The summed E-state index contributed by atoms with van der Waals surface area (Å²) in [5.74, 6) is 0.00645. The lowest BCUT2D eigenvalue weighted by Gasteiger charge is -2.30. The number of anilines is 3. The fraction of sp³-hybridized carbons (Fsp3) is 0.226. The fourth-order valence-corrected chi connectivity index (χ4v) is 8.05. The van der Waals surface area contributed by atoms with Crippen LogP contribution in [0, 0.1) is 6.92 Å². The van der Waals surface area contributed by atoms with Gasteiger partial charge in [-0.15, -0.1) is 11.3 Å². The van der Waals surface area contributed by atoms with Crippen LogP contribution in [0.1, 0.15) is 20.9 Å². The van der Waals surface area contributed by atoms with Gasteiger partial charge in [-0.05, 0) is 55.5 Å². The number of aryl methyl sites for hydroxylation is 1. The van der Waals surface area contributed by atoms with Crippen molar-refractivity contribution in [3.63, 3.8) is 0 Å². The second kappa shape index (κ2) is 12.9. The van der Waals surface area contributed by atoms with Crippen LogP contribution in [0.4, 0.5) is 17.1 Å². The molecule has 1 saturated heterocycles. The van der Waals surface area contributed by atoms with Crippen molar-refractivity contribution in [2.75, 3.05) is 48.4 Å². The molecule has 10 nitrogen and oxygen atoms in total. The largest absolute Gasteiger partial charge is 0.495 e. The molecule has 5 aromatic rings. The predicted octanol–water partition coefficient (Wildman–Crippen LogP) is 6.66. The minimum atomic E-state index is -4.10. The molecule has 6 rings (SSSR count). The summed E-state index contributed by atoms with van der Waals surface area (Å²) in [6.45, 7) is 4.22. The number of halogens is 2. The number of amides is 1. The molecule has 2 aromatic heterocycles. The van der Waals surface area contributed by atoms with Gasteiger partial charge in [0, 0.05) is 39.8 Å². The minimum Gasteiger partial charge on any atom is -0.495 e. The molecule has 1 amide bonds. The number of benzene rings is 3. The van der Waals surface area contributed by atoms with Gasteiger partial charge in [-0.1, -0.05) is 41.4 Å². The topological polar surface area (TPSA) is 115 Å². The van der Waals surface area contributed by atoms with Gasteiger partial charge >= 0.3 is 0 Å². The molecular formula is C31H29Cl2N5O5S2. The number of rotatable bonds is 9. The molecule has 0 saturated carbocycles. The molecule has 14 heteroatoms. The molecule has 0 radical (unpaired) electrons. The molecule has 0 atom stereocenters. The Morgan fingerprint density at radius 3 is 2.51 bits per heavy atom. The summed E-state index contributed by atoms with van der Waals surface area (Å²) >= 11 is 14.1. The Kier molecular flexibility index (Phi) is 8.94. The van der Waals surface area contributed by atoms with Crippen molar-refractivity contribution >= 4 is 77.7 Å². The standard InChI is InChI=1S/C31H29Cl2N5O5S2/c1-19-21-17-28(44-31(21)38(35-19)18-22-23(32)6-5-7-24(22)33)30(39)34-20-10-11-26(37-12-14-43-15-13-37)29(16-20)45(40,41)36-25-8-3-4-9-27(25)42-2/h3-11,16-17,36H,12-15,18H2,1-2H3,(H,34,39).